The maximum atomic E-state index is 13.0. The molecule has 1 aromatic carbocycles. The molecular weight excluding hydrogens is 394 g/mol. The third kappa shape index (κ3) is 3.83. The predicted octanol–water partition coefficient (Wildman–Crippen LogP) is 4.17. The number of hydrogen-bond donors (Lipinski definition) is 1. The molecule has 28 heavy (non-hydrogen) atoms. The van der Waals surface area contributed by atoms with E-state index in [9.17, 15) is 9.59 Å². The Balaban J connectivity index is 1.49. The van der Waals surface area contributed by atoms with Crippen LogP contribution in [0.4, 0.5) is 5.69 Å². The molecule has 0 bridgehead atoms. The highest BCUT2D eigenvalue weighted by molar-refractivity contribution is 7.99. The molecule has 1 aliphatic heterocycles. The average Bonchev–Trinajstić information content (AvgIpc) is 3.41. The second-order valence-corrected chi connectivity index (χ2v) is 8.46. The molecule has 1 unspecified atom stereocenters. The number of anilines is 1. The zero-order valence-corrected chi connectivity index (χ0v) is 17.1. The Bertz CT molecular complexity index is 1030. The van der Waals surface area contributed by atoms with E-state index in [4.69, 9.17) is 4.42 Å². The van der Waals surface area contributed by atoms with Crippen LogP contribution in [0.5, 0.6) is 0 Å². The number of carbonyl (C=O) groups excluding carboxylic acids is 2. The fourth-order valence-corrected chi connectivity index (χ4v) is 4.90. The summed E-state index contributed by atoms with van der Waals surface area (Å²) in [6.45, 7) is 3.83. The molecule has 3 aromatic rings. The first-order valence-electron chi connectivity index (χ1n) is 8.80. The summed E-state index contributed by atoms with van der Waals surface area (Å²) in [6, 6.07) is 10.8. The van der Waals surface area contributed by atoms with Crippen molar-refractivity contribution in [1.82, 2.24) is 9.88 Å². The highest BCUT2D eigenvalue weighted by Crippen LogP contribution is 2.29. The Morgan fingerprint density at radius 3 is 2.86 bits per heavy atom. The van der Waals surface area contributed by atoms with Crippen molar-refractivity contribution in [3.05, 3.63) is 58.8 Å². The standard InChI is InChI=1S/C20H19N3O3S2/c1-12-4-3-5-14(8-12)21-18(24)16-10-27-11-23(16)20(25)15-9-28-19(22-15)17-7-6-13(2)26-17/h3-9,16H,10-11H2,1-2H3,(H,21,24). The van der Waals surface area contributed by atoms with E-state index in [1.165, 1.54) is 11.3 Å². The molecule has 1 fully saturated rings. The third-order valence-electron chi connectivity index (χ3n) is 4.41. The van der Waals surface area contributed by atoms with E-state index in [0.717, 1.165) is 17.0 Å². The summed E-state index contributed by atoms with van der Waals surface area (Å²) in [6.07, 6.45) is 0. The number of amides is 2. The normalized spacial score (nSPS) is 16.4. The van der Waals surface area contributed by atoms with Crippen LogP contribution in [0.3, 0.4) is 0 Å². The highest BCUT2D eigenvalue weighted by Gasteiger charge is 2.36. The first-order valence-corrected chi connectivity index (χ1v) is 10.8. The number of benzene rings is 1. The minimum Gasteiger partial charge on any atom is -0.459 e. The molecule has 8 heteroatoms. The van der Waals surface area contributed by atoms with Crippen LogP contribution in [-0.4, -0.2) is 39.4 Å². The van der Waals surface area contributed by atoms with Gasteiger partial charge in [-0.15, -0.1) is 23.1 Å². The first kappa shape index (κ1) is 18.8. The lowest BCUT2D eigenvalue weighted by atomic mass is 10.2. The molecule has 0 radical (unpaired) electrons. The molecule has 1 aliphatic rings. The topological polar surface area (TPSA) is 75.4 Å². The van der Waals surface area contributed by atoms with Gasteiger partial charge in [0.15, 0.2) is 10.8 Å². The fourth-order valence-electron chi connectivity index (χ4n) is 2.99. The molecule has 2 aromatic heterocycles. The van der Waals surface area contributed by atoms with Crippen LogP contribution in [0.25, 0.3) is 10.8 Å². The summed E-state index contributed by atoms with van der Waals surface area (Å²) in [5, 5.41) is 5.29. The van der Waals surface area contributed by atoms with Gasteiger partial charge in [-0.3, -0.25) is 9.59 Å². The SMILES string of the molecule is Cc1cccc(NC(=O)C2CSCN2C(=O)c2csc(-c3ccc(C)o3)n2)c1. The van der Waals surface area contributed by atoms with Crippen molar-refractivity contribution in [2.45, 2.75) is 19.9 Å². The first-order chi connectivity index (χ1) is 13.5. The fraction of sp³-hybridized carbons (Fsp3) is 0.250. The monoisotopic (exact) mass is 413 g/mol. The molecule has 0 aliphatic carbocycles. The number of aryl methyl sites for hydroxylation is 2. The third-order valence-corrected chi connectivity index (χ3v) is 6.27. The number of carbonyl (C=O) groups is 2. The smallest absolute Gasteiger partial charge is 0.274 e. The van der Waals surface area contributed by atoms with Gasteiger partial charge in [-0.25, -0.2) is 4.98 Å². The van der Waals surface area contributed by atoms with Gasteiger partial charge >= 0.3 is 0 Å². The minimum atomic E-state index is -0.519. The van der Waals surface area contributed by atoms with Gasteiger partial charge in [-0.2, -0.15) is 0 Å². The van der Waals surface area contributed by atoms with Gasteiger partial charge in [0.2, 0.25) is 5.91 Å². The molecule has 2 amide bonds. The second-order valence-electron chi connectivity index (χ2n) is 6.60. The van der Waals surface area contributed by atoms with Gasteiger partial charge in [0, 0.05) is 16.8 Å². The van der Waals surface area contributed by atoms with E-state index in [2.05, 4.69) is 10.3 Å². The van der Waals surface area contributed by atoms with E-state index < -0.39 is 6.04 Å². The van der Waals surface area contributed by atoms with E-state index >= 15 is 0 Å². The second kappa shape index (κ2) is 7.81. The van der Waals surface area contributed by atoms with Crippen LogP contribution in [0.1, 0.15) is 21.8 Å². The number of aromatic nitrogens is 1. The molecule has 144 valence electrons. The van der Waals surface area contributed by atoms with Crippen LogP contribution < -0.4 is 5.32 Å². The molecule has 1 saturated heterocycles. The van der Waals surface area contributed by atoms with E-state index in [1.54, 1.807) is 22.0 Å². The maximum Gasteiger partial charge on any atom is 0.274 e. The van der Waals surface area contributed by atoms with Gasteiger partial charge in [-0.05, 0) is 43.7 Å². The van der Waals surface area contributed by atoms with Crippen LogP contribution >= 0.6 is 23.1 Å². The Labute approximate surface area is 171 Å². The Hall–Kier alpha value is -2.58. The summed E-state index contributed by atoms with van der Waals surface area (Å²) in [5.41, 5.74) is 2.14. The lowest BCUT2D eigenvalue weighted by Crippen LogP contribution is -2.44. The van der Waals surface area contributed by atoms with Crippen molar-refractivity contribution in [3.8, 4) is 10.8 Å². The molecule has 6 nitrogen and oxygen atoms in total. The summed E-state index contributed by atoms with van der Waals surface area (Å²) >= 11 is 2.92. The quantitative estimate of drug-likeness (QED) is 0.695. The summed E-state index contributed by atoms with van der Waals surface area (Å²) in [5.74, 6) is 2.06. The largest absolute Gasteiger partial charge is 0.459 e. The van der Waals surface area contributed by atoms with Crippen LogP contribution in [0.15, 0.2) is 46.2 Å². The van der Waals surface area contributed by atoms with E-state index in [1.807, 2.05) is 50.2 Å². The Morgan fingerprint density at radius 2 is 2.11 bits per heavy atom. The molecule has 0 spiro atoms. The van der Waals surface area contributed by atoms with Gasteiger partial charge in [0.05, 0.1) is 5.88 Å². The van der Waals surface area contributed by atoms with Gasteiger partial charge in [0.1, 0.15) is 17.5 Å². The van der Waals surface area contributed by atoms with Gasteiger partial charge in [0.25, 0.3) is 5.91 Å². The lowest BCUT2D eigenvalue weighted by molar-refractivity contribution is -0.119. The van der Waals surface area contributed by atoms with Crippen molar-refractivity contribution in [1.29, 1.82) is 0 Å². The van der Waals surface area contributed by atoms with Gasteiger partial charge < -0.3 is 14.6 Å². The molecular formula is C20H19N3O3S2. The van der Waals surface area contributed by atoms with Crippen molar-refractivity contribution in [2.75, 3.05) is 16.9 Å². The predicted molar refractivity (Wildman–Crippen MR) is 112 cm³/mol. The number of nitrogens with one attached hydrogen (secondary N) is 1. The van der Waals surface area contributed by atoms with Crippen molar-refractivity contribution < 1.29 is 14.0 Å². The molecule has 0 saturated carbocycles. The summed E-state index contributed by atoms with van der Waals surface area (Å²) < 4.78 is 5.58. The van der Waals surface area contributed by atoms with Crippen LogP contribution in [-0.2, 0) is 4.79 Å². The zero-order chi connectivity index (χ0) is 19.7. The number of thiazole rings is 1. The number of nitrogens with zero attached hydrogens (tertiary/aromatic N) is 2. The van der Waals surface area contributed by atoms with Crippen LogP contribution in [0.2, 0.25) is 0 Å². The van der Waals surface area contributed by atoms with Crippen molar-refractivity contribution in [2.24, 2.45) is 0 Å². The lowest BCUT2D eigenvalue weighted by Gasteiger charge is -2.22. The summed E-state index contributed by atoms with van der Waals surface area (Å²) in [7, 11) is 0. The van der Waals surface area contributed by atoms with Crippen LogP contribution in [0, 0.1) is 13.8 Å². The minimum absolute atomic E-state index is 0.180. The molecule has 1 N–H and O–H groups in total. The van der Waals surface area contributed by atoms with Gasteiger partial charge in [-0.1, -0.05) is 12.1 Å². The van der Waals surface area contributed by atoms with Crippen molar-refractivity contribution in [3.63, 3.8) is 0 Å². The number of hydrogen-bond acceptors (Lipinski definition) is 6. The molecule has 4 rings (SSSR count). The van der Waals surface area contributed by atoms with E-state index in [-0.39, 0.29) is 11.8 Å². The number of thioether (sulfide) groups is 1. The number of rotatable bonds is 4. The zero-order valence-electron chi connectivity index (χ0n) is 15.5. The average molecular weight is 414 g/mol. The molecule has 3 heterocycles. The van der Waals surface area contributed by atoms with Crippen molar-refractivity contribution >= 4 is 40.6 Å². The summed E-state index contributed by atoms with van der Waals surface area (Å²) in [4.78, 5) is 31.7. The Morgan fingerprint density at radius 1 is 1.25 bits per heavy atom. The van der Waals surface area contributed by atoms with E-state index in [0.29, 0.717) is 28.1 Å². The Kier molecular flexibility index (Phi) is 5.23. The maximum absolute atomic E-state index is 13.0. The molecule has 1 atom stereocenters. The number of furan rings is 1. The highest BCUT2D eigenvalue weighted by atomic mass is 32.2.